The summed E-state index contributed by atoms with van der Waals surface area (Å²) in [6.45, 7) is 0. The summed E-state index contributed by atoms with van der Waals surface area (Å²) in [7, 11) is 1.46. The summed E-state index contributed by atoms with van der Waals surface area (Å²) < 4.78 is 5.66. The lowest BCUT2D eigenvalue weighted by Crippen LogP contribution is -2.54. The van der Waals surface area contributed by atoms with Gasteiger partial charge in [0.1, 0.15) is 17.1 Å². The van der Waals surface area contributed by atoms with Crippen molar-refractivity contribution in [1.82, 2.24) is 5.32 Å². The van der Waals surface area contributed by atoms with Crippen LogP contribution in [0.15, 0.2) is 46.4 Å². The highest BCUT2D eigenvalue weighted by atomic mass is 79.9. The Bertz CT molecular complexity index is 992. The predicted octanol–water partition coefficient (Wildman–Crippen LogP) is 3.65. The first kappa shape index (κ1) is 19.3. The minimum atomic E-state index is -0.651. The maximum Gasteiger partial charge on any atom is 0.270 e. The second-order valence-electron chi connectivity index (χ2n) is 5.48. The molecule has 9 heteroatoms. The number of carbonyl (C=O) groups excluding carboxylic acids is 2. The van der Waals surface area contributed by atoms with Gasteiger partial charge >= 0.3 is 0 Å². The van der Waals surface area contributed by atoms with Crippen molar-refractivity contribution in [2.45, 2.75) is 0 Å². The fraction of sp³-hybridized carbons (Fsp3) is 0.0556. The first-order valence-electron chi connectivity index (χ1n) is 7.55. The largest absolute Gasteiger partial charge is 0.507 e. The number of hydrogen-bond acceptors (Lipinski definition) is 5. The Labute approximate surface area is 173 Å². The minimum absolute atomic E-state index is 0.0374. The van der Waals surface area contributed by atoms with Gasteiger partial charge in [0.2, 0.25) is 0 Å². The number of ether oxygens (including phenoxy) is 1. The third-order valence-electron chi connectivity index (χ3n) is 3.79. The van der Waals surface area contributed by atoms with E-state index in [9.17, 15) is 14.7 Å². The van der Waals surface area contributed by atoms with Crippen LogP contribution in [0.3, 0.4) is 0 Å². The maximum absolute atomic E-state index is 12.9. The molecule has 2 aromatic carbocycles. The molecule has 0 atom stereocenters. The standard InChI is InChI=1S/C18H12BrClN2O4S/c1-26-15-8-14(23)9(7-13(15)19)6-12-16(24)21-18(27)22(17(12)25)11-4-2-10(20)3-5-11/h2-8,23H,1H3,(H,21,24,27). The van der Waals surface area contributed by atoms with Gasteiger partial charge < -0.3 is 9.84 Å². The summed E-state index contributed by atoms with van der Waals surface area (Å²) >= 11 is 14.3. The van der Waals surface area contributed by atoms with E-state index in [1.807, 2.05) is 0 Å². The average molecular weight is 468 g/mol. The highest BCUT2D eigenvalue weighted by Gasteiger charge is 2.34. The maximum atomic E-state index is 12.9. The van der Waals surface area contributed by atoms with Crippen molar-refractivity contribution in [3.8, 4) is 11.5 Å². The second kappa shape index (κ2) is 7.67. The molecule has 0 aromatic heterocycles. The van der Waals surface area contributed by atoms with Crippen LogP contribution in [0.4, 0.5) is 5.69 Å². The number of nitrogens with zero attached hydrogens (tertiary/aromatic N) is 1. The average Bonchev–Trinajstić information content (AvgIpc) is 2.62. The zero-order chi connectivity index (χ0) is 19.7. The number of aromatic hydroxyl groups is 1. The van der Waals surface area contributed by atoms with Gasteiger partial charge in [-0.15, -0.1) is 0 Å². The van der Waals surface area contributed by atoms with Crippen molar-refractivity contribution in [1.29, 1.82) is 0 Å². The number of hydrogen-bond donors (Lipinski definition) is 2. The molecule has 1 aliphatic heterocycles. The van der Waals surface area contributed by atoms with Gasteiger partial charge in [-0.1, -0.05) is 11.6 Å². The van der Waals surface area contributed by atoms with Gasteiger partial charge in [0.25, 0.3) is 11.8 Å². The molecule has 0 unspecified atom stereocenters. The van der Waals surface area contributed by atoms with Crippen LogP contribution in [0.2, 0.25) is 5.02 Å². The Morgan fingerprint density at radius 3 is 2.56 bits per heavy atom. The van der Waals surface area contributed by atoms with Gasteiger partial charge in [-0.25, -0.2) is 0 Å². The van der Waals surface area contributed by atoms with Crippen molar-refractivity contribution >= 4 is 68.4 Å². The zero-order valence-corrected chi connectivity index (χ0v) is 17.0. The third kappa shape index (κ3) is 3.83. The Kier molecular flexibility index (Phi) is 5.50. The first-order valence-corrected chi connectivity index (χ1v) is 9.13. The van der Waals surface area contributed by atoms with Crippen LogP contribution >= 0.6 is 39.7 Å². The van der Waals surface area contributed by atoms with Gasteiger partial charge in [0.05, 0.1) is 17.3 Å². The van der Waals surface area contributed by atoms with Crippen molar-refractivity contribution in [3.63, 3.8) is 0 Å². The Balaban J connectivity index is 2.04. The molecule has 2 aromatic rings. The molecular weight excluding hydrogens is 456 g/mol. The number of thiocarbonyl (C=S) groups is 1. The number of anilines is 1. The molecule has 0 radical (unpaired) electrons. The highest BCUT2D eigenvalue weighted by molar-refractivity contribution is 9.10. The summed E-state index contributed by atoms with van der Waals surface area (Å²) in [6.07, 6.45) is 1.29. The molecular formula is C18H12BrClN2O4S. The summed E-state index contributed by atoms with van der Waals surface area (Å²) in [6, 6.07) is 9.37. The summed E-state index contributed by atoms with van der Waals surface area (Å²) in [5.74, 6) is -0.994. The Hall–Kier alpha value is -2.42. The molecule has 0 bridgehead atoms. The Morgan fingerprint density at radius 2 is 1.93 bits per heavy atom. The molecule has 2 amide bonds. The number of carbonyl (C=O) groups is 2. The van der Waals surface area contributed by atoms with Crippen LogP contribution in [-0.2, 0) is 9.59 Å². The fourth-order valence-electron chi connectivity index (χ4n) is 2.47. The van der Waals surface area contributed by atoms with E-state index in [4.69, 9.17) is 28.6 Å². The van der Waals surface area contributed by atoms with Crippen LogP contribution in [0.1, 0.15) is 5.56 Å². The van der Waals surface area contributed by atoms with Crippen LogP contribution in [0, 0.1) is 0 Å². The lowest BCUT2D eigenvalue weighted by atomic mass is 10.1. The van der Waals surface area contributed by atoms with Crippen LogP contribution < -0.4 is 15.0 Å². The normalized spacial score (nSPS) is 15.9. The molecule has 0 aliphatic carbocycles. The van der Waals surface area contributed by atoms with Crippen LogP contribution in [0.25, 0.3) is 6.08 Å². The summed E-state index contributed by atoms with van der Waals surface area (Å²) in [4.78, 5) is 26.4. The molecule has 1 heterocycles. The number of halogens is 2. The fourth-order valence-corrected chi connectivity index (χ4v) is 3.40. The SMILES string of the molecule is COc1cc(O)c(C=C2C(=O)NC(=S)N(c3ccc(Cl)cc3)C2=O)cc1Br. The first-order chi connectivity index (χ1) is 12.8. The summed E-state index contributed by atoms with van der Waals surface area (Å²) in [5, 5.41) is 13.1. The molecule has 0 spiro atoms. The topological polar surface area (TPSA) is 78.9 Å². The van der Waals surface area contributed by atoms with Crippen LogP contribution in [0.5, 0.6) is 11.5 Å². The molecule has 1 saturated heterocycles. The molecule has 3 rings (SSSR count). The van der Waals surface area contributed by atoms with E-state index >= 15 is 0 Å². The molecule has 1 aliphatic rings. The van der Waals surface area contributed by atoms with Crippen molar-refractivity contribution in [2.24, 2.45) is 0 Å². The number of benzene rings is 2. The van der Waals surface area contributed by atoms with E-state index in [1.165, 1.54) is 24.2 Å². The molecule has 27 heavy (non-hydrogen) atoms. The molecule has 1 fully saturated rings. The summed E-state index contributed by atoms with van der Waals surface area (Å²) in [5.41, 5.74) is 0.552. The number of phenolic OH excluding ortho intramolecular Hbond substituents is 1. The van der Waals surface area contributed by atoms with E-state index in [-0.39, 0.29) is 22.0 Å². The lowest BCUT2D eigenvalue weighted by molar-refractivity contribution is -0.122. The van der Waals surface area contributed by atoms with E-state index in [1.54, 1.807) is 30.3 Å². The zero-order valence-electron chi connectivity index (χ0n) is 13.8. The third-order valence-corrected chi connectivity index (χ3v) is 4.94. The van der Waals surface area contributed by atoms with E-state index in [0.29, 0.717) is 20.9 Å². The van der Waals surface area contributed by atoms with E-state index < -0.39 is 11.8 Å². The smallest absolute Gasteiger partial charge is 0.270 e. The number of nitrogens with one attached hydrogen (secondary N) is 1. The van der Waals surface area contributed by atoms with Crippen LogP contribution in [-0.4, -0.2) is 29.1 Å². The van der Waals surface area contributed by atoms with Gasteiger partial charge in [-0.05, 0) is 64.6 Å². The van der Waals surface area contributed by atoms with Gasteiger partial charge in [0, 0.05) is 16.7 Å². The van der Waals surface area contributed by atoms with Crippen molar-refractivity contribution in [2.75, 3.05) is 12.0 Å². The van der Waals surface area contributed by atoms with E-state index in [0.717, 1.165) is 0 Å². The molecule has 6 nitrogen and oxygen atoms in total. The number of amides is 2. The minimum Gasteiger partial charge on any atom is -0.507 e. The monoisotopic (exact) mass is 466 g/mol. The van der Waals surface area contributed by atoms with Crippen molar-refractivity contribution in [3.05, 3.63) is 57.0 Å². The molecule has 0 saturated carbocycles. The number of methoxy groups -OCH3 is 1. The van der Waals surface area contributed by atoms with Gasteiger partial charge in [0.15, 0.2) is 5.11 Å². The molecule has 138 valence electrons. The molecule has 2 N–H and O–H groups in total. The predicted molar refractivity (Wildman–Crippen MR) is 110 cm³/mol. The lowest BCUT2D eigenvalue weighted by Gasteiger charge is -2.29. The van der Waals surface area contributed by atoms with Gasteiger partial charge in [-0.3, -0.25) is 19.8 Å². The van der Waals surface area contributed by atoms with Gasteiger partial charge in [-0.2, -0.15) is 0 Å². The van der Waals surface area contributed by atoms with E-state index in [2.05, 4.69) is 21.2 Å². The number of phenols is 1. The van der Waals surface area contributed by atoms with Crippen molar-refractivity contribution < 1.29 is 19.4 Å². The number of rotatable bonds is 3. The second-order valence-corrected chi connectivity index (χ2v) is 7.16. The quantitative estimate of drug-likeness (QED) is 0.409. The Morgan fingerprint density at radius 1 is 1.26 bits per heavy atom. The highest BCUT2D eigenvalue weighted by Crippen LogP contribution is 2.34.